The van der Waals surface area contributed by atoms with Crippen LogP contribution in [0.4, 0.5) is 18.9 Å². The highest BCUT2D eigenvalue weighted by Gasteiger charge is 2.38. The number of carboxylic acids is 1. The maximum atomic E-state index is 12.3. The number of nitrogens with one attached hydrogen (secondary N) is 1. The first kappa shape index (κ1) is 25.8. The number of carbonyl (C=O) groups excluding carboxylic acids is 1. The number of para-hydroxylation sites is 1. The van der Waals surface area contributed by atoms with Crippen LogP contribution in [0.5, 0.6) is 0 Å². The zero-order chi connectivity index (χ0) is 25.0. The van der Waals surface area contributed by atoms with E-state index in [0.717, 1.165) is 16.5 Å². The van der Waals surface area contributed by atoms with Crippen LogP contribution in [0.25, 0.3) is 17.0 Å². The lowest BCUT2D eigenvalue weighted by molar-refractivity contribution is -0.192. The molecule has 2 heterocycles. The molecule has 0 atom stereocenters. The molecular weight excluding hydrogens is 538 g/mol. The van der Waals surface area contributed by atoms with Gasteiger partial charge in [0.1, 0.15) is 5.69 Å². The minimum Gasteiger partial charge on any atom is -0.475 e. The van der Waals surface area contributed by atoms with E-state index in [1.807, 2.05) is 18.2 Å². The molecule has 13 heteroatoms. The van der Waals surface area contributed by atoms with Crippen molar-refractivity contribution < 1.29 is 27.9 Å². The molecule has 1 aromatic heterocycles. The third kappa shape index (κ3) is 6.41. The van der Waals surface area contributed by atoms with Crippen molar-refractivity contribution in [2.45, 2.75) is 6.18 Å². The van der Waals surface area contributed by atoms with Crippen LogP contribution in [0.1, 0.15) is 5.56 Å². The Kier molecular flexibility index (Phi) is 8.09. The van der Waals surface area contributed by atoms with Crippen molar-refractivity contribution in [3.63, 3.8) is 0 Å². The van der Waals surface area contributed by atoms with Crippen LogP contribution in [0.2, 0.25) is 15.1 Å². The molecule has 176 valence electrons. The van der Waals surface area contributed by atoms with E-state index in [1.54, 1.807) is 36.5 Å². The molecule has 2 aromatic carbocycles. The number of carbonyl (C=O) groups is 2. The van der Waals surface area contributed by atoms with Gasteiger partial charge >= 0.3 is 12.1 Å². The Bertz CT molecular complexity index is 1330. The number of benzene rings is 2. The molecule has 0 bridgehead atoms. The number of hydrogen-bond acceptors (Lipinski definition) is 5. The van der Waals surface area contributed by atoms with Gasteiger partial charge in [0.15, 0.2) is 5.17 Å². The van der Waals surface area contributed by atoms with Crippen LogP contribution < -0.4 is 5.32 Å². The Morgan fingerprint density at radius 2 is 1.74 bits per heavy atom. The number of thioether (sulfide) groups is 1. The Hall–Kier alpha value is -2.79. The van der Waals surface area contributed by atoms with Gasteiger partial charge in [-0.2, -0.15) is 13.2 Å². The number of halogens is 6. The second-order valence-electron chi connectivity index (χ2n) is 6.42. The fourth-order valence-corrected chi connectivity index (χ4v) is 4.06. The standard InChI is InChI=1S/C19H10Cl3N3OS.C2HF3O2/c20-12-4-1-5-13(21)17(12)24-19-25-18(26)16(27-19)8-11-7-10-3-2-6-23-15(10)9-14(11)22;3-2(4,5)1(6)7/h1-9H,(H,24,25,26);(H,6,7). The third-order valence-electron chi connectivity index (χ3n) is 4.05. The number of nitrogens with zero attached hydrogens (tertiary/aromatic N) is 2. The van der Waals surface area contributed by atoms with Crippen molar-refractivity contribution in [1.29, 1.82) is 0 Å². The van der Waals surface area contributed by atoms with Gasteiger partial charge in [-0.15, -0.1) is 0 Å². The van der Waals surface area contributed by atoms with Gasteiger partial charge in [0.2, 0.25) is 0 Å². The molecule has 0 unspecified atom stereocenters. The first-order chi connectivity index (χ1) is 16.0. The quantitative estimate of drug-likeness (QED) is 0.347. The molecule has 6 nitrogen and oxygen atoms in total. The number of amides is 1. The molecule has 0 aliphatic carbocycles. The van der Waals surface area contributed by atoms with Crippen LogP contribution in [0, 0.1) is 0 Å². The van der Waals surface area contributed by atoms with E-state index in [2.05, 4.69) is 15.3 Å². The predicted molar refractivity (Wildman–Crippen MR) is 128 cm³/mol. The summed E-state index contributed by atoms with van der Waals surface area (Å²) in [5.74, 6) is -3.02. The average molecular weight is 549 g/mol. The van der Waals surface area contributed by atoms with Crippen LogP contribution in [-0.2, 0) is 9.59 Å². The number of aliphatic carboxylic acids is 1. The van der Waals surface area contributed by atoms with Crippen LogP contribution >= 0.6 is 46.6 Å². The van der Waals surface area contributed by atoms with Crippen molar-refractivity contribution in [1.82, 2.24) is 10.3 Å². The number of amidine groups is 1. The smallest absolute Gasteiger partial charge is 0.475 e. The van der Waals surface area contributed by atoms with Gasteiger partial charge in [-0.05, 0) is 53.7 Å². The summed E-state index contributed by atoms with van der Waals surface area (Å²) >= 11 is 19.8. The number of aliphatic imine (C=N–C) groups is 1. The van der Waals surface area contributed by atoms with E-state index in [-0.39, 0.29) is 5.91 Å². The Morgan fingerprint density at radius 3 is 2.35 bits per heavy atom. The number of rotatable bonds is 2. The van der Waals surface area contributed by atoms with Crippen LogP contribution in [0.3, 0.4) is 0 Å². The van der Waals surface area contributed by atoms with Crippen molar-refractivity contribution in [3.8, 4) is 0 Å². The summed E-state index contributed by atoms with van der Waals surface area (Å²) in [4.78, 5) is 30.3. The molecule has 1 aliphatic rings. The normalized spacial score (nSPS) is 15.9. The van der Waals surface area contributed by atoms with Crippen molar-refractivity contribution in [3.05, 3.63) is 74.2 Å². The maximum Gasteiger partial charge on any atom is 0.490 e. The zero-order valence-corrected chi connectivity index (χ0v) is 19.6. The number of pyridine rings is 1. The molecular formula is C21H11Cl3F3N3O3S. The first-order valence-corrected chi connectivity index (χ1v) is 11.0. The minimum absolute atomic E-state index is 0.260. The van der Waals surface area contributed by atoms with E-state index < -0.39 is 12.1 Å². The molecule has 1 fully saturated rings. The molecule has 0 spiro atoms. The van der Waals surface area contributed by atoms with Crippen LogP contribution in [0.15, 0.2) is 58.6 Å². The second kappa shape index (κ2) is 10.6. The number of alkyl halides is 3. The highest BCUT2D eigenvalue weighted by Crippen LogP contribution is 2.36. The zero-order valence-electron chi connectivity index (χ0n) is 16.5. The van der Waals surface area contributed by atoms with E-state index in [1.165, 1.54) is 11.8 Å². The number of fused-ring (bicyclic) bond motifs is 1. The van der Waals surface area contributed by atoms with Crippen molar-refractivity contribution in [2.24, 2.45) is 4.99 Å². The summed E-state index contributed by atoms with van der Waals surface area (Å²) < 4.78 is 31.7. The van der Waals surface area contributed by atoms with E-state index in [9.17, 15) is 18.0 Å². The van der Waals surface area contributed by atoms with Gasteiger partial charge in [-0.3, -0.25) is 9.78 Å². The Labute approximate surface area is 209 Å². The van der Waals surface area contributed by atoms with Gasteiger partial charge in [-0.25, -0.2) is 9.79 Å². The minimum atomic E-state index is -5.08. The van der Waals surface area contributed by atoms with Crippen molar-refractivity contribution in [2.75, 3.05) is 0 Å². The van der Waals surface area contributed by atoms with Crippen LogP contribution in [-0.4, -0.2) is 33.3 Å². The summed E-state index contributed by atoms with van der Waals surface area (Å²) in [5.41, 5.74) is 1.94. The molecule has 34 heavy (non-hydrogen) atoms. The van der Waals surface area contributed by atoms with E-state index >= 15 is 0 Å². The first-order valence-electron chi connectivity index (χ1n) is 9.03. The Morgan fingerprint density at radius 1 is 1.09 bits per heavy atom. The van der Waals surface area contributed by atoms with Gasteiger partial charge in [0.05, 0.1) is 25.5 Å². The average Bonchev–Trinajstić information content (AvgIpc) is 3.10. The second-order valence-corrected chi connectivity index (χ2v) is 8.68. The molecule has 0 saturated carbocycles. The molecule has 1 amide bonds. The molecule has 3 aromatic rings. The van der Waals surface area contributed by atoms with Gasteiger partial charge in [-0.1, -0.05) is 46.9 Å². The SMILES string of the molecule is O=C(O)C(F)(F)F.O=C1NC(=Nc2c(Cl)cccc2Cl)SC1=Cc1cc2cccnc2cc1Cl. The largest absolute Gasteiger partial charge is 0.490 e. The summed E-state index contributed by atoms with van der Waals surface area (Å²) in [5, 5.41) is 12.5. The predicted octanol–water partition coefficient (Wildman–Crippen LogP) is 6.72. The summed E-state index contributed by atoms with van der Waals surface area (Å²) in [6.07, 6.45) is -1.65. The van der Waals surface area contributed by atoms with Gasteiger partial charge < -0.3 is 10.4 Å². The molecule has 1 saturated heterocycles. The molecule has 2 N–H and O–H groups in total. The fraction of sp³-hybridized carbons (Fsp3) is 0.0476. The maximum absolute atomic E-state index is 12.3. The molecule has 1 aliphatic heterocycles. The number of hydrogen-bond donors (Lipinski definition) is 2. The van der Waals surface area contributed by atoms with E-state index in [0.29, 0.717) is 30.8 Å². The highest BCUT2D eigenvalue weighted by atomic mass is 35.5. The number of aromatic nitrogens is 1. The molecule has 0 radical (unpaired) electrons. The lowest BCUT2D eigenvalue weighted by Crippen LogP contribution is -2.21. The lowest BCUT2D eigenvalue weighted by Gasteiger charge is -2.03. The Balaban J connectivity index is 0.000000406. The van der Waals surface area contributed by atoms with E-state index in [4.69, 9.17) is 44.7 Å². The summed E-state index contributed by atoms with van der Waals surface area (Å²) in [6.45, 7) is 0. The van der Waals surface area contributed by atoms with Gasteiger partial charge in [0.25, 0.3) is 5.91 Å². The van der Waals surface area contributed by atoms with Gasteiger partial charge in [0, 0.05) is 11.6 Å². The number of carboxylic acid groups (broad SMARTS) is 1. The third-order valence-corrected chi connectivity index (χ3v) is 5.90. The highest BCUT2D eigenvalue weighted by molar-refractivity contribution is 8.18. The fourth-order valence-electron chi connectivity index (χ4n) is 2.54. The summed E-state index contributed by atoms with van der Waals surface area (Å²) in [7, 11) is 0. The molecule has 4 rings (SSSR count). The topological polar surface area (TPSA) is 91.6 Å². The summed E-state index contributed by atoms with van der Waals surface area (Å²) in [6, 6.07) is 12.6. The van der Waals surface area contributed by atoms with Crippen molar-refractivity contribution >= 4 is 86.3 Å². The lowest BCUT2D eigenvalue weighted by atomic mass is 10.1. The monoisotopic (exact) mass is 547 g/mol.